The largest absolute Gasteiger partial charge is 0.488 e. The maximum atomic E-state index is 11.0. The van der Waals surface area contributed by atoms with E-state index in [2.05, 4.69) is 5.32 Å². The summed E-state index contributed by atoms with van der Waals surface area (Å²) in [5, 5.41) is 20.8. The molecule has 150 valence electrons. The SMILES string of the molecule is N=C(N)c1ccc2oc(-c3cc(CCC(=O)O)ccc3O[C@H]3CCNC3)cc2c1. The molecule has 0 radical (unpaired) electrons. The molecule has 1 atom stereocenters. The average molecular weight is 393 g/mol. The maximum absolute atomic E-state index is 11.0. The number of benzene rings is 2. The molecule has 1 fully saturated rings. The minimum Gasteiger partial charge on any atom is -0.488 e. The molecular weight excluding hydrogens is 370 g/mol. The number of nitrogens with one attached hydrogen (secondary N) is 2. The highest BCUT2D eigenvalue weighted by Crippen LogP contribution is 2.36. The first-order valence-corrected chi connectivity index (χ1v) is 9.60. The highest BCUT2D eigenvalue weighted by molar-refractivity contribution is 5.99. The van der Waals surface area contributed by atoms with E-state index in [9.17, 15) is 4.79 Å². The number of carboxylic acid groups (broad SMARTS) is 1. The van der Waals surface area contributed by atoms with Crippen molar-refractivity contribution in [3.63, 3.8) is 0 Å². The lowest BCUT2D eigenvalue weighted by molar-refractivity contribution is -0.136. The van der Waals surface area contributed by atoms with Crippen LogP contribution in [0.5, 0.6) is 5.75 Å². The molecule has 29 heavy (non-hydrogen) atoms. The summed E-state index contributed by atoms with van der Waals surface area (Å²) < 4.78 is 12.3. The van der Waals surface area contributed by atoms with Crippen LogP contribution in [-0.4, -0.2) is 36.1 Å². The summed E-state index contributed by atoms with van der Waals surface area (Å²) in [6.45, 7) is 1.72. The molecule has 0 spiro atoms. The summed E-state index contributed by atoms with van der Waals surface area (Å²) >= 11 is 0. The number of hydrogen-bond acceptors (Lipinski definition) is 5. The fraction of sp³-hybridized carbons (Fsp3) is 0.273. The number of rotatable bonds is 7. The van der Waals surface area contributed by atoms with Crippen molar-refractivity contribution in [2.24, 2.45) is 5.73 Å². The predicted molar refractivity (Wildman–Crippen MR) is 111 cm³/mol. The zero-order chi connectivity index (χ0) is 20.4. The van der Waals surface area contributed by atoms with Gasteiger partial charge in [-0.1, -0.05) is 6.07 Å². The Labute approximate surface area is 168 Å². The Bertz CT molecular complexity index is 1070. The standard InChI is InChI=1S/C22H23N3O4/c23-22(24)14-3-5-18-15(10-14)11-20(29-18)17-9-13(2-6-21(26)27)1-4-19(17)28-16-7-8-25-12-16/h1,3-5,9-11,16,25H,2,6-8,12H2,(H3,23,24)(H,26,27)/t16-/m0/s1. The number of fused-ring (bicyclic) bond motifs is 1. The number of carboxylic acids is 1. The van der Waals surface area contributed by atoms with Gasteiger partial charge < -0.3 is 25.3 Å². The van der Waals surface area contributed by atoms with Gasteiger partial charge in [-0.25, -0.2) is 0 Å². The smallest absolute Gasteiger partial charge is 0.303 e. The van der Waals surface area contributed by atoms with Gasteiger partial charge in [0.15, 0.2) is 0 Å². The number of carbonyl (C=O) groups is 1. The first-order valence-electron chi connectivity index (χ1n) is 9.60. The zero-order valence-electron chi connectivity index (χ0n) is 15.9. The molecule has 0 unspecified atom stereocenters. The molecular formula is C22H23N3O4. The first-order chi connectivity index (χ1) is 14.0. The van der Waals surface area contributed by atoms with Crippen LogP contribution in [0.15, 0.2) is 46.9 Å². The first kappa shape index (κ1) is 19.0. The topological polar surface area (TPSA) is 122 Å². The van der Waals surface area contributed by atoms with Crippen molar-refractivity contribution in [2.75, 3.05) is 13.1 Å². The molecule has 1 saturated heterocycles. The van der Waals surface area contributed by atoms with Gasteiger partial charge in [0.05, 0.1) is 5.56 Å². The van der Waals surface area contributed by atoms with Crippen molar-refractivity contribution < 1.29 is 19.1 Å². The lowest BCUT2D eigenvalue weighted by Gasteiger charge is -2.16. The molecule has 0 amide bonds. The van der Waals surface area contributed by atoms with E-state index in [-0.39, 0.29) is 18.4 Å². The van der Waals surface area contributed by atoms with Gasteiger partial charge in [0.1, 0.15) is 29.0 Å². The number of ether oxygens (including phenoxy) is 1. The second kappa shape index (κ2) is 7.97. The van der Waals surface area contributed by atoms with E-state index in [4.69, 9.17) is 25.4 Å². The van der Waals surface area contributed by atoms with Crippen LogP contribution in [0.1, 0.15) is 24.0 Å². The maximum Gasteiger partial charge on any atom is 0.303 e. The van der Waals surface area contributed by atoms with E-state index in [1.54, 1.807) is 12.1 Å². The van der Waals surface area contributed by atoms with Crippen molar-refractivity contribution in [3.05, 3.63) is 53.6 Å². The predicted octanol–water partition coefficient (Wildman–Crippen LogP) is 3.14. The minimum absolute atomic E-state index is 0.00285. The van der Waals surface area contributed by atoms with Crippen LogP contribution in [0.2, 0.25) is 0 Å². The van der Waals surface area contributed by atoms with Crippen LogP contribution < -0.4 is 15.8 Å². The Morgan fingerprint density at radius 2 is 2.14 bits per heavy atom. The van der Waals surface area contributed by atoms with Gasteiger partial charge in [0, 0.05) is 23.9 Å². The van der Waals surface area contributed by atoms with E-state index < -0.39 is 5.97 Å². The third-order valence-electron chi connectivity index (χ3n) is 5.07. The Balaban J connectivity index is 1.73. The molecule has 1 aromatic heterocycles. The van der Waals surface area contributed by atoms with Crippen LogP contribution in [0.3, 0.4) is 0 Å². The number of aryl methyl sites for hydroxylation is 1. The second-order valence-electron chi connectivity index (χ2n) is 7.23. The summed E-state index contributed by atoms with van der Waals surface area (Å²) in [5.41, 5.74) is 8.62. The molecule has 0 saturated carbocycles. The molecule has 7 heteroatoms. The number of hydrogen-bond donors (Lipinski definition) is 4. The normalized spacial score (nSPS) is 16.2. The summed E-state index contributed by atoms with van der Waals surface area (Å²) in [4.78, 5) is 11.0. The summed E-state index contributed by atoms with van der Waals surface area (Å²) in [6, 6.07) is 13.0. The van der Waals surface area contributed by atoms with Gasteiger partial charge in [-0.15, -0.1) is 0 Å². The van der Waals surface area contributed by atoms with Crippen LogP contribution in [-0.2, 0) is 11.2 Å². The Hall–Kier alpha value is -3.32. The van der Waals surface area contributed by atoms with Crippen LogP contribution >= 0.6 is 0 Å². The molecule has 2 aromatic carbocycles. The lowest BCUT2D eigenvalue weighted by atomic mass is 10.0. The Morgan fingerprint density at radius 3 is 2.86 bits per heavy atom. The molecule has 1 aliphatic heterocycles. The quantitative estimate of drug-likeness (QED) is 0.361. The highest BCUT2D eigenvalue weighted by atomic mass is 16.5. The molecule has 5 N–H and O–H groups in total. The van der Waals surface area contributed by atoms with Gasteiger partial charge in [0.25, 0.3) is 0 Å². The third kappa shape index (κ3) is 4.25. The second-order valence-corrected chi connectivity index (χ2v) is 7.23. The molecule has 4 rings (SSSR count). The third-order valence-corrected chi connectivity index (χ3v) is 5.07. The van der Waals surface area contributed by atoms with Crippen molar-refractivity contribution >= 4 is 22.8 Å². The van der Waals surface area contributed by atoms with E-state index in [1.165, 1.54) is 0 Å². The van der Waals surface area contributed by atoms with Crippen molar-refractivity contribution in [2.45, 2.75) is 25.4 Å². The Kier molecular flexibility index (Phi) is 5.22. The molecule has 0 aliphatic carbocycles. The summed E-state index contributed by atoms with van der Waals surface area (Å²) in [5.74, 6) is 0.523. The average Bonchev–Trinajstić information content (AvgIpc) is 3.35. The van der Waals surface area contributed by atoms with Crippen LogP contribution in [0, 0.1) is 5.41 Å². The number of furan rings is 1. The van der Waals surface area contributed by atoms with E-state index in [1.807, 2.05) is 30.3 Å². The van der Waals surface area contributed by atoms with Gasteiger partial charge in [-0.05, 0) is 61.3 Å². The number of nitrogen functional groups attached to an aromatic ring is 1. The summed E-state index contributed by atoms with van der Waals surface area (Å²) in [7, 11) is 0. The van der Waals surface area contributed by atoms with Gasteiger partial charge in [-0.2, -0.15) is 0 Å². The molecule has 3 aromatic rings. The number of nitrogens with two attached hydrogens (primary N) is 1. The fourth-order valence-corrected chi connectivity index (χ4v) is 3.53. The van der Waals surface area contributed by atoms with E-state index in [0.717, 1.165) is 36.0 Å². The van der Waals surface area contributed by atoms with Crippen molar-refractivity contribution in [1.29, 1.82) is 5.41 Å². The van der Waals surface area contributed by atoms with E-state index in [0.29, 0.717) is 29.1 Å². The molecule has 0 bridgehead atoms. The lowest BCUT2D eigenvalue weighted by Crippen LogP contribution is -2.19. The fourth-order valence-electron chi connectivity index (χ4n) is 3.53. The monoisotopic (exact) mass is 393 g/mol. The minimum atomic E-state index is -0.829. The van der Waals surface area contributed by atoms with Gasteiger partial charge in [0.2, 0.25) is 0 Å². The van der Waals surface area contributed by atoms with E-state index >= 15 is 0 Å². The number of amidine groups is 1. The van der Waals surface area contributed by atoms with Crippen LogP contribution in [0.25, 0.3) is 22.3 Å². The highest BCUT2D eigenvalue weighted by Gasteiger charge is 2.20. The van der Waals surface area contributed by atoms with Crippen molar-refractivity contribution in [3.8, 4) is 17.1 Å². The Morgan fingerprint density at radius 1 is 1.28 bits per heavy atom. The van der Waals surface area contributed by atoms with Crippen molar-refractivity contribution in [1.82, 2.24) is 5.32 Å². The van der Waals surface area contributed by atoms with Gasteiger partial charge >= 0.3 is 5.97 Å². The van der Waals surface area contributed by atoms with Crippen LogP contribution in [0.4, 0.5) is 0 Å². The molecule has 2 heterocycles. The molecule has 7 nitrogen and oxygen atoms in total. The molecule has 1 aliphatic rings. The van der Waals surface area contributed by atoms with Gasteiger partial charge in [-0.3, -0.25) is 10.2 Å². The number of aliphatic carboxylic acids is 1. The summed E-state index contributed by atoms with van der Waals surface area (Å²) in [6.07, 6.45) is 1.52. The zero-order valence-corrected chi connectivity index (χ0v) is 15.9.